The number of hydrogen-bond acceptors (Lipinski definition) is 5. The zero-order chi connectivity index (χ0) is 22.5. The predicted octanol–water partition coefficient (Wildman–Crippen LogP) is 1.74. The summed E-state index contributed by atoms with van der Waals surface area (Å²) in [6.45, 7) is 4.99. The molecule has 0 unspecified atom stereocenters. The average Bonchev–Trinajstić information content (AvgIpc) is 2.80. The van der Waals surface area contributed by atoms with E-state index in [-0.39, 0.29) is 12.5 Å². The Hall–Kier alpha value is -3.68. The van der Waals surface area contributed by atoms with E-state index in [2.05, 4.69) is 15.8 Å². The first-order valence-corrected chi connectivity index (χ1v) is 10.2. The van der Waals surface area contributed by atoms with Gasteiger partial charge < -0.3 is 15.0 Å². The Morgan fingerprint density at radius 2 is 1.68 bits per heavy atom. The lowest BCUT2D eigenvalue weighted by molar-refractivity contribution is -0.145. The first kappa shape index (κ1) is 23.6. The normalized spacial score (nSPS) is 10.5. The van der Waals surface area contributed by atoms with Crippen molar-refractivity contribution in [3.05, 3.63) is 65.7 Å². The van der Waals surface area contributed by atoms with Crippen LogP contribution < -0.4 is 15.5 Å². The molecular formula is C23H28N4O4. The third-order valence-electron chi connectivity index (χ3n) is 4.45. The number of ether oxygens (including phenoxy) is 1. The molecule has 0 radical (unpaired) electrons. The van der Waals surface area contributed by atoms with Gasteiger partial charge in [0.25, 0.3) is 5.91 Å². The smallest absolute Gasteiger partial charge is 0.329 e. The van der Waals surface area contributed by atoms with Gasteiger partial charge in [0.2, 0.25) is 0 Å². The lowest BCUT2D eigenvalue weighted by Crippen LogP contribution is -2.41. The first-order valence-electron chi connectivity index (χ1n) is 10.2. The van der Waals surface area contributed by atoms with Crippen molar-refractivity contribution in [2.75, 3.05) is 26.2 Å². The Labute approximate surface area is 182 Å². The van der Waals surface area contributed by atoms with Crippen LogP contribution in [-0.4, -0.2) is 55.1 Å². The zero-order valence-corrected chi connectivity index (χ0v) is 17.8. The standard InChI is InChI=1S/C23H28N4O4/c1-3-27(4-2)23(30)22(29)26-25-16-19-10-12-20(13-11-19)31-17-21(28)24-15-14-18-8-6-5-7-9-18/h5-13,16H,3-4,14-15,17H2,1-2H3,(H,24,28)(H,26,29). The summed E-state index contributed by atoms with van der Waals surface area (Å²) in [6.07, 6.45) is 2.19. The molecule has 8 nitrogen and oxygen atoms in total. The van der Waals surface area contributed by atoms with Crippen LogP contribution in [0.15, 0.2) is 59.7 Å². The van der Waals surface area contributed by atoms with Crippen LogP contribution in [0.3, 0.4) is 0 Å². The fraction of sp³-hybridized carbons (Fsp3) is 0.304. The van der Waals surface area contributed by atoms with Crippen LogP contribution in [0.2, 0.25) is 0 Å². The maximum absolute atomic E-state index is 11.9. The fourth-order valence-corrected chi connectivity index (χ4v) is 2.71. The van der Waals surface area contributed by atoms with Gasteiger partial charge >= 0.3 is 11.8 Å². The van der Waals surface area contributed by atoms with Crippen LogP contribution in [0.25, 0.3) is 0 Å². The number of carbonyl (C=O) groups is 3. The van der Waals surface area contributed by atoms with E-state index in [0.717, 1.165) is 12.0 Å². The highest BCUT2D eigenvalue weighted by Gasteiger charge is 2.18. The molecule has 0 fully saturated rings. The lowest BCUT2D eigenvalue weighted by atomic mass is 10.1. The number of nitrogens with zero attached hydrogens (tertiary/aromatic N) is 2. The number of hydrazone groups is 1. The molecule has 8 heteroatoms. The largest absolute Gasteiger partial charge is 0.484 e. The Morgan fingerprint density at radius 3 is 2.32 bits per heavy atom. The van der Waals surface area contributed by atoms with E-state index < -0.39 is 11.8 Å². The van der Waals surface area contributed by atoms with Crippen LogP contribution in [0.4, 0.5) is 0 Å². The van der Waals surface area contributed by atoms with E-state index in [9.17, 15) is 14.4 Å². The van der Waals surface area contributed by atoms with Crippen molar-refractivity contribution in [3.63, 3.8) is 0 Å². The molecule has 3 amide bonds. The molecule has 2 aromatic carbocycles. The average molecular weight is 425 g/mol. The topological polar surface area (TPSA) is 100 Å². The van der Waals surface area contributed by atoms with E-state index >= 15 is 0 Å². The van der Waals surface area contributed by atoms with Crippen molar-refractivity contribution in [3.8, 4) is 5.75 Å². The summed E-state index contributed by atoms with van der Waals surface area (Å²) in [6, 6.07) is 16.8. The summed E-state index contributed by atoms with van der Waals surface area (Å²) in [7, 11) is 0. The van der Waals surface area contributed by atoms with Crippen molar-refractivity contribution in [1.82, 2.24) is 15.6 Å². The van der Waals surface area contributed by atoms with Gasteiger partial charge in [-0.2, -0.15) is 5.10 Å². The van der Waals surface area contributed by atoms with E-state index in [1.807, 2.05) is 30.3 Å². The molecule has 0 aliphatic rings. The number of rotatable bonds is 10. The molecule has 0 heterocycles. The molecular weight excluding hydrogens is 396 g/mol. The number of likely N-dealkylation sites (N-methyl/N-ethyl adjacent to an activating group) is 1. The van der Waals surface area contributed by atoms with Crippen molar-refractivity contribution in [2.45, 2.75) is 20.3 Å². The Morgan fingerprint density at radius 1 is 1.00 bits per heavy atom. The summed E-state index contributed by atoms with van der Waals surface area (Å²) < 4.78 is 5.47. The quantitative estimate of drug-likeness (QED) is 0.345. The number of benzene rings is 2. The fourth-order valence-electron chi connectivity index (χ4n) is 2.71. The predicted molar refractivity (Wildman–Crippen MR) is 119 cm³/mol. The summed E-state index contributed by atoms with van der Waals surface area (Å²) in [5.41, 5.74) is 4.09. The molecule has 0 aliphatic heterocycles. The molecule has 31 heavy (non-hydrogen) atoms. The first-order chi connectivity index (χ1) is 15.0. The number of hydrogen-bond donors (Lipinski definition) is 2. The molecule has 0 saturated heterocycles. The van der Waals surface area contributed by atoms with Gasteiger partial charge in [0.15, 0.2) is 6.61 Å². The summed E-state index contributed by atoms with van der Waals surface area (Å²) in [5.74, 6) is -1.05. The van der Waals surface area contributed by atoms with Crippen LogP contribution in [-0.2, 0) is 20.8 Å². The van der Waals surface area contributed by atoms with Gasteiger partial charge in [-0.3, -0.25) is 14.4 Å². The molecule has 164 valence electrons. The van der Waals surface area contributed by atoms with Gasteiger partial charge in [-0.05, 0) is 55.7 Å². The molecule has 0 aromatic heterocycles. The number of amides is 3. The van der Waals surface area contributed by atoms with Gasteiger partial charge in [-0.15, -0.1) is 0 Å². The Kier molecular flexibility index (Phi) is 9.74. The highest BCUT2D eigenvalue weighted by Crippen LogP contribution is 2.10. The molecule has 2 N–H and O–H groups in total. The van der Waals surface area contributed by atoms with Crippen LogP contribution in [0.1, 0.15) is 25.0 Å². The molecule has 2 rings (SSSR count). The highest BCUT2D eigenvalue weighted by atomic mass is 16.5. The minimum Gasteiger partial charge on any atom is -0.484 e. The maximum atomic E-state index is 11.9. The van der Waals surface area contributed by atoms with Gasteiger partial charge in [0, 0.05) is 19.6 Å². The van der Waals surface area contributed by atoms with Gasteiger partial charge in [-0.1, -0.05) is 30.3 Å². The zero-order valence-electron chi connectivity index (χ0n) is 17.8. The van der Waals surface area contributed by atoms with E-state index in [0.29, 0.717) is 30.9 Å². The van der Waals surface area contributed by atoms with Crippen molar-refractivity contribution in [1.29, 1.82) is 0 Å². The number of nitrogens with one attached hydrogen (secondary N) is 2. The van der Waals surface area contributed by atoms with Crippen LogP contribution in [0.5, 0.6) is 5.75 Å². The van der Waals surface area contributed by atoms with Gasteiger partial charge in [-0.25, -0.2) is 5.43 Å². The Bertz CT molecular complexity index is 878. The van der Waals surface area contributed by atoms with Crippen molar-refractivity contribution in [2.24, 2.45) is 5.10 Å². The number of carbonyl (C=O) groups excluding carboxylic acids is 3. The van der Waals surface area contributed by atoms with Gasteiger partial charge in [0.1, 0.15) is 5.75 Å². The Balaban J connectivity index is 1.71. The van der Waals surface area contributed by atoms with Crippen LogP contribution >= 0.6 is 0 Å². The molecule has 0 spiro atoms. The van der Waals surface area contributed by atoms with Crippen molar-refractivity contribution < 1.29 is 19.1 Å². The monoisotopic (exact) mass is 424 g/mol. The minimum absolute atomic E-state index is 0.0776. The molecule has 0 aliphatic carbocycles. The second-order valence-electron chi connectivity index (χ2n) is 6.62. The second kappa shape index (κ2) is 12.8. The maximum Gasteiger partial charge on any atom is 0.329 e. The summed E-state index contributed by atoms with van der Waals surface area (Å²) in [5, 5.41) is 6.62. The summed E-state index contributed by atoms with van der Waals surface area (Å²) >= 11 is 0. The SMILES string of the molecule is CCN(CC)C(=O)C(=O)NN=Cc1ccc(OCC(=O)NCCc2ccccc2)cc1. The molecule has 0 atom stereocenters. The van der Waals surface area contributed by atoms with Gasteiger partial charge in [0.05, 0.1) is 6.21 Å². The van der Waals surface area contributed by atoms with E-state index in [4.69, 9.17) is 4.74 Å². The third-order valence-corrected chi connectivity index (χ3v) is 4.45. The molecule has 0 bridgehead atoms. The molecule has 2 aromatic rings. The molecule has 0 saturated carbocycles. The third kappa shape index (κ3) is 8.30. The van der Waals surface area contributed by atoms with E-state index in [1.54, 1.807) is 38.1 Å². The second-order valence-corrected chi connectivity index (χ2v) is 6.62. The minimum atomic E-state index is -0.779. The highest BCUT2D eigenvalue weighted by molar-refractivity contribution is 6.34. The van der Waals surface area contributed by atoms with Crippen LogP contribution in [0, 0.1) is 0 Å². The summed E-state index contributed by atoms with van der Waals surface area (Å²) in [4.78, 5) is 36.9. The lowest BCUT2D eigenvalue weighted by Gasteiger charge is -2.16. The van der Waals surface area contributed by atoms with E-state index in [1.165, 1.54) is 11.1 Å². The van der Waals surface area contributed by atoms with Crippen molar-refractivity contribution >= 4 is 23.9 Å².